The van der Waals surface area contributed by atoms with E-state index in [4.69, 9.17) is 16.7 Å². The van der Waals surface area contributed by atoms with Crippen LogP contribution in [0.4, 0.5) is 0 Å². The summed E-state index contributed by atoms with van der Waals surface area (Å²) >= 11 is 6.82. The Morgan fingerprint density at radius 2 is 2.18 bits per heavy atom. The number of rotatable bonds is 2. The fraction of sp³-hybridized carbons (Fsp3) is 0.400. The third-order valence-corrected chi connectivity index (χ3v) is 3.83. The predicted octanol–water partition coefficient (Wildman–Crippen LogP) is 1.06. The fourth-order valence-electron chi connectivity index (χ4n) is 1.84. The molecule has 1 fully saturated rings. The van der Waals surface area contributed by atoms with Gasteiger partial charge in [-0.2, -0.15) is 0 Å². The Bertz CT molecular complexity index is 461. The first-order chi connectivity index (χ1) is 7.99. The van der Waals surface area contributed by atoms with Crippen LogP contribution in [0, 0.1) is 0 Å². The summed E-state index contributed by atoms with van der Waals surface area (Å²) in [7, 11) is 0. The molecule has 1 amide bonds. The van der Waals surface area contributed by atoms with Crippen molar-refractivity contribution in [2.75, 3.05) is 6.54 Å². The summed E-state index contributed by atoms with van der Waals surface area (Å²) in [6, 6.07) is 2.18. The van der Waals surface area contributed by atoms with E-state index in [-0.39, 0.29) is 13.0 Å². The second-order valence-corrected chi connectivity index (χ2v) is 5.52. The summed E-state index contributed by atoms with van der Waals surface area (Å²) in [5, 5.41) is 18.4. The van der Waals surface area contributed by atoms with Crippen LogP contribution in [0.5, 0.6) is 0 Å². The molecular formula is C10H10ClNO4S. The van der Waals surface area contributed by atoms with Crippen molar-refractivity contribution in [3.8, 4) is 0 Å². The van der Waals surface area contributed by atoms with E-state index in [0.717, 1.165) is 11.3 Å². The quantitative estimate of drug-likeness (QED) is 0.846. The van der Waals surface area contributed by atoms with Gasteiger partial charge < -0.3 is 15.1 Å². The Hall–Kier alpha value is -1.11. The SMILES string of the molecule is O=C(O)[C@@H]1C[C@@H](O)CN1C(=O)c1ccc(Cl)s1. The van der Waals surface area contributed by atoms with E-state index in [1.807, 2.05) is 0 Å². The molecular weight excluding hydrogens is 266 g/mol. The number of halogens is 1. The number of hydrogen-bond donors (Lipinski definition) is 2. The van der Waals surface area contributed by atoms with Crippen molar-refractivity contribution >= 4 is 34.8 Å². The van der Waals surface area contributed by atoms with Gasteiger partial charge in [-0.05, 0) is 12.1 Å². The van der Waals surface area contributed by atoms with E-state index in [1.165, 1.54) is 4.90 Å². The highest BCUT2D eigenvalue weighted by Gasteiger charge is 2.39. The third-order valence-electron chi connectivity index (χ3n) is 2.61. The third kappa shape index (κ3) is 2.43. The Morgan fingerprint density at radius 1 is 1.47 bits per heavy atom. The summed E-state index contributed by atoms with van der Waals surface area (Å²) in [6.07, 6.45) is -0.712. The number of aliphatic hydroxyl groups is 1. The Balaban J connectivity index is 2.21. The number of carboxylic acids is 1. The Kier molecular flexibility index (Phi) is 3.37. The zero-order chi connectivity index (χ0) is 12.6. The number of aliphatic carboxylic acids is 1. The van der Waals surface area contributed by atoms with Crippen molar-refractivity contribution in [3.63, 3.8) is 0 Å². The van der Waals surface area contributed by atoms with Crippen LogP contribution in [0.2, 0.25) is 4.34 Å². The monoisotopic (exact) mass is 275 g/mol. The fourth-order valence-corrected chi connectivity index (χ4v) is 2.84. The van der Waals surface area contributed by atoms with E-state index >= 15 is 0 Å². The first-order valence-corrected chi connectivity index (χ1v) is 6.15. The van der Waals surface area contributed by atoms with E-state index in [2.05, 4.69) is 0 Å². The van der Waals surface area contributed by atoms with Crippen molar-refractivity contribution in [1.82, 2.24) is 4.90 Å². The molecule has 7 heteroatoms. The van der Waals surface area contributed by atoms with Crippen molar-refractivity contribution in [2.24, 2.45) is 0 Å². The number of carboxylic acid groups (broad SMARTS) is 1. The van der Waals surface area contributed by atoms with Crippen LogP contribution in [-0.4, -0.2) is 45.7 Å². The number of hydrogen-bond acceptors (Lipinski definition) is 4. The van der Waals surface area contributed by atoms with Crippen LogP contribution in [0.3, 0.4) is 0 Å². The molecule has 1 aromatic heterocycles. The molecule has 5 nitrogen and oxygen atoms in total. The zero-order valence-electron chi connectivity index (χ0n) is 8.67. The van der Waals surface area contributed by atoms with Gasteiger partial charge >= 0.3 is 5.97 Å². The Morgan fingerprint density at radius 3 is 2.71 bits per heavy atom. The van der Waals surface area contributed by atoms with E-state index in [0.29, 0.717) is 9.21 Å². The minimum Gasteiger partial charge on any atom is -0.480 e. The summed E-state index contributed by atoms with van der Waals surface area (Å²) in [4.78, 5) is 24.6. The van der Waals surface area contributed by atoms with Gasteiger partial charge in [-0.15, -0.1) is 11.3 Å². The van der Waals surface area contributed by atoms with Gasteiger partial charge in [0.15, 0.2) is 0 Å². The first kappa shape index (κ1) is 12.3. The molecule has 0 aliphatic carbocycles. The zero-order valence-corrected chi connectivity index (χ0v) is 10.2. The van der Waals surface area contributed by atoms with Gasteiger partial charge in [-0.3, -0.25) is 4.79 Å². The number of thiophene rings is 1. The molecule has 0 aromatic carbocycles. The highest BCUT2D eigenvalue weighted by atomic mass is 35.5. The molecule has 2 rings (SSSR count). The summed E-state index contributed by atoms with van der Waals surface area (Å²) < 4.78 is 0.472. The molecule has 0 unspecified atom stereocenters. The van der Waals surface area contributed by atoms with Gasteiger partial charge in [-0.1, -0.05) is 11.6 Å². The number of nitrogens with zero attached hydrogens (tertiary/aromatic N) is 1. The van der Waals surface area contributed by atoms with Crippen LogP contribution >= 0.6 is 22.9 Å². The number of β-amino-alcohol motifs (C(OH)–C–C–N with tert-alkyl or cyclic N) is 1. The minimum absolute atomic E-state index is 0.0469. The number of carbonyl (C=O) groups is 2. The summed E-state index contributed by atoms with van der Waals surface area (Å²) in [5.41, 5.74) is 0. The lowest BCUT2D eigenvalue weighted by atomic mass is 10.2. The van der Waals surface area contributed by atoms with E-state index in [1.54, 1.807) is 12.1 Å². The highest BCUT2D eigenvalue weighted by molar-refractivity contribution is 7.17. The summed E-state index contributed by atoms with van der Waals surface area (Å²) in [5.74, 6) is -1.50. The van der Waals surface area contributed by atoms with Gasteiger partial charge in [0.05, 0.1) is 15.3 Å². The molecule has 0 spiro atoms. The molecule has 1 aliphatic rings. The maximum absolute atomic E-state index is 12.0. The lowest BCUT2D eigenvalue weighted by Crippen LogP contribution is -2.40. The molecule has 2 N–H and O–H groups in total. The standard InChI is InChI=1S/C10H10ClNO4S/c11-8-2-1-7(17-8)9(14)12-4-5(13)3-6(12)10(15)16/h1-2,5-6,13H,3-4H2,(H,15,16)/t5-,6+/m1/s1. The molecule has 1 aromatic rings. The summed E-state index contributed by atoms with van der Waals surface area (Å²) in [6.45, 7) is 0.0469. The smallest absolute Gasteiger partial charge is 0.326 e. The second-order valence-electron chi connectivity index (χ2n) is 3.80. The number of likely N-dealkylation sites (tertiary alicyclic amines) is 1. The van der Waals surface area contributed by atoms with Gasteiger partial charge in [-0.25, -0.2) is 4.79 Å². The van der Waals surface area contributed by atoms with Crippen molar-refractivity contribution in [2.45, 2.75) is 18.6 Å². The maximum atomic E-state index is 12.0. The highest BCUT2D eigenvalue weighted by Crippen LogP contribution is 2.26. The van der Waals surface area contributed by atoms with Gasteiger partial charge in [0.2, 0.25) is 0 Å². The van der Waals surface area contributed by atoms with Crippen LogP contribution in [0.25, 0.3) is 0 Å². The number of aliphatic hydroxyl groups excluding tert-OH is 1. The number of amides is 1. The number of carbonyl (C=O) groups excluding carboxylic acids is 1. The van der Waals surface area contributed by atoms with Crippen LogP contribution < -0.4 is 0 Å². The Labute approximate surface area is 106 Å². The first-order valence-electron chi connectivity index (χ1n) is 4.96. The van der Waals surface area contributed by atoms with E-state index < -0.39 is 24.0 Å². The van der Waals surface area contributed by atoms with Gasteiger partial charge in [0.25, 0.3) is 5.91 Å². The second kappa shape index (κ2) is 4.64. The lowest BCUT2D eigenvalue weighted by Gasteiger charge is -2.20. The average Bonchev–Trinajstić information content (AvgIpc) is 2.83. The van der Waals surface area contributed by atoms with Crippen LogP contribution in [0.1, 0.15) is 16.1 Å². The topological polar surface area (TPSA) is 77.8 Å². The minimum atomic E-state index is -1.10. The van der Waals surface area contributed by atoms with Crippen LogP contribution in [-0.2, 0) is 4.79 Å². The van der Waals surface area contributed by atoms with Gasteiger partial charge in [0.1, 0.15) is 6.04 Å². The molecule has 0 saturated carbocycles. The van der Waals surface area contributed by atoms with Crippen molar-refractivity contribution < 1.29 is 19.8 Å². The molecule has 92 valence electrons. The largest absolute Gasteiger partial charge is 0.480 e. The van der Waals surface area contributed by atoms with Gasteiger partial charge in [0, 0.05) is 13.0 Å². The predicted molar refractivity (Wildman–Crippen MR) is 62.4 cm³/mol. The van der Waals surface area contributed by atoms with E-state index in [9.17, 15) is 14.7 Å². The lowest BCUT2D eigenvalue weighted by molar-refractivity contribution is -0.141. The molecule has 1 aliphatic heterocycles. The molecule has 2 heterocycles. The molecule has 2 atom stereocenters. The molecule has 0 radical (unpaired) electrons. The van der Waals surface area contributed by atoms with Crippen LogP contribution in [0.15, 0.2) is 12.1 Å². The normalized spacial score (nSPS) is 24.0. The average molecular weight is 276 g/mol. The van der Waals surface area contributed by atoms with Crippen molar-refractivity contribution in [1.29, 1.82) is 0 Å². The van der Waals surface area contributed by atoms with Crippen molar-refractivity contribution in [3.05, 3.63) is 21.3 Å². The molecule has 1 saturated heterocycles. The molecule has 0 bridgehead atoms. The molecule has 17 heavy (non-hydrogen) atoms. The maximum Gasteiger partial charge on any atom is 0.326 e.